The van der Waals surface area contributed by atoms with Crippen LogP contribution >= 0.6 is 0 Å². The van der Waals surface area contributed by atoms with E-state index in [9.17, 15) is 13.6 Å². The van der Waals surface area contributed by atoms with Crippen LogP contribution in [0.2, 0.25) is 0 Å². The average Bonchev–Trinajstić information content (AvgIpc) is 2.44. The Morgan fingerprint density at radius 2 is 2.05 bits per heavy atom. The highest BCUT2D eigenvalue weighted by Crippen LogP contribution is 2.18. The molecule has 0 amide bonds. The number of aromatic nitrogens is 2. The van der Waals surface area contributed by atoms with Gasteiger partial charge in [-0.15, -0.1) is 0 Å². The van der Waals surface area contributed by atoms with Gasteiger partial charge in [0.25, 0.3) is 5.56 Å². The molecule has 0 saturated carbocycles. The van der Waals surface area contributed by atoms with Crippen LogP contribution in [-0.2, 0) is 11.3 Å². The molecule has 0 unspecified atom stereocenters. The van der Waals surface area contributed by atoms with Crippen LogP contribution in [0.25, 0.3) is 10.9 Å². The maximum atomic E-state index is 13.9. The van der Waals surface area contributed by atoms with E-state index in [0.29, 0.717) is 13.0 Å². The van der Waals surface area contributed by atoms with Crippen molar-refractivity contribution >= 4 is 10.9 Å². The zero-order valence-corrected chi connectivity index (χ0v) is 11.9. The predicted molar refractivity (Wildman–Crippen MR) is 75.0 cm³/mol. The summed E-state index contributed by atoms with van der Waals surface area (Å²) in [6, 6.07) is 1.29. The molecule has 1 aromatic carbocycles. The quantitative estimate of drug-likeness (QED) is 0.853. The van der Waals surface area contributed by atoms with Gasteiger partial charge in [0, 0.05) is 20.3 Å². The third-order valence-corrected chi connectivity index (χ3v) is 3.18. The lowest BCUT2D eigenvalue weighted by Gasteiger charge is -2.16. The third kappa shape index (κ3) is 2.93. The molecule has 2 aromatic rings. The molecule has 1 aromatic heterocycles. The average molecular weight is 297 g/mol. The van der Waals surface area contributed by atoms with E-state index in [1.165, 1.54) is 4.57 Å². The Hall–Kier alpha value is -1.86. The molecule has 0 bridgehead atoms. The first kappa shape index (κ1) is 15.5. The van der Waals surface area contributed by atoms with Gasteiger partial charge in [0.1, 0.15) is 28.4 Å². The number of methoxy groups -OCH3 is 1. The molecule has 21 heavy (non-hydrogen) atoms. The summed E-state index contributed by atoms with van der Waals surface area (Å²) in [4.78, 5) is 16.5. The number of nitrogens with zero attached hydrogens (tertiary/aromatic N) is 2. The molecule has 0 aliphatic carbocycles. The maximum Gasteiger partial charge on any atom is 0.264 e. The van der Waals surface area contributed by atoms with Gasteiger partial charge >= 0.3 is 0 Å². The van der Waals surface area contributed by atoms with E-state index in [4.69, 9.17) is 10.5 Å². The van der Waals surface area contributed by atoms with Crippen molar-refractivity contribution in [3.63, 3.8) is 0 Å². The molecule has 5 nitrogen and oxygen atoms in total. The monoisotopic (exact) mass is 297 g/mol. The summed E-state index contributed by atoms with van der Waals surface area (Å²) in [5, 5.41) is -0.350. The zero-order valence-electron chi connectivity index (χ0n) is 11.9. The molecular weight excluding hydrogens is 280 g/mol. The molecule has 2 N–H and O–H groups in total. The Morgan fingerprint density at radius 3 is 2.67 bits per heavy atom. The van der Waals surface area contributed by atoms with E-state index >= 15 is 0 Å². The molecule has 1 heterocycles. The summed E-state index contributed by atoms with van der Waals surface area (Å²) in [5.41, 5.74) is 4.89. The van der Waals surface area contributed by atoms with Gasteiger partial charge in [-0.1, -0.05) is 0 Å². The van der Waals surface area contributed by atoms with Crippen LogP contribution in [0.4, 0.5) is 8.78 Å². The minimum Gasteiger partial charge on any atom is -0.385 e. The topological polar surface area (TPSA) is 70.1 Å². The van der Waals surface area contributed by atoms with Crippen molar-refractivity contribution in [2.75, 3.05) is 13.7 Å². The SMILES string of the molecule is COCCCn1c([C@H](C)N)nc2c(F)ccc(F)c2c1=O. The first-order valence-corrected chi connectivity index (χ1v) is 6.60. The number of fused-ring (bicyclic) bond motifs is 1. The second-order valence-corrected chi connectivity index (χ2v) is 4.81. The van der Waals surface area contributed by atoms with Gasteiger partial charge in [-0.3, -0.25) is 9.36 Å². The number of ether oxygens (including phenoxy) is 1. The number of nitrogens with two attached hydrogens (primary N) is 1. The van der Waals surface area contributed by atoms with Crippen molar-refractivity contribution < 1.29 is 13.5 Å². The van der Waals surface area contributed by atoms with Gasteiger partial charge in [-0.2, -0.15) is 0 Å². The lowest BCUT2D eigenvalue weighted by atomic mass is 10.2. The van der Waals surface area contributed by atoms with Gasteiger partial charge in [0.05, 0.1) is 6.04 Å². The molecule has 0 spiro atoms. The Morgan fingerprint density at radius 1 is 1.38 bits per heavy atom. The highest BCUT2D eigenvalue weighted by Gasteiger charge is 2.18. The number of rotatable bonds is 5. The van der Waals surface area contributed by atoms with E-state index in [1.807, 2.05) is 0 Å². The Kier molecular flexibility index (Phi) is 4.64. The summed E-state index contributed by atoms with van der Waals surface area (Å²) >= 11 is 0. The summed E-state index contributed by atoms with van der Waals surface area (Å²) < 4.78 is 33.9. The van der Waals surface area contributed by atoms with Gasteiger partial charge in [-0.25, -0.2) is 13.8 Å². The van der Waals surface area contributed by atoms with Gasteiger partial charge < -0.3 is 10.5 Å². The van der Waals surface area contributed by atoms with Gasteiger partial charge in [-0.05, 0) is 25.5 Å². The van der Waals surface area contributed by atoms with E-state index < -0.39 is 23.2 Å². The Bertz CT molecular complexity index is 713. The predicted octanol–water partition coefficient (Wildman–Crippen LogP) is 1.73. The van der Waals surface area contributed by atoms with Crippen molar-refractivity contribution in [1.29, 1.82) is 0 Å². The normalized spacial score (nSPS) is 12.8. The van der Waals surface area contributed by atoms with Crippen molar-refractivity contribution in [2.45, 2.75) is 25.9 Å². The van der Waals surface area contributed by atoms with Crippen LogP contribution < -0.4 is 11.3 Å². The first-order chi connectivity index (χ1) is 9.97. The number of halogens is 2. The minimum absolute atomic E-state index is 0.230. The summed E-state index contributed by atoms with van der Waals surface area (Å²) in [6.07, 6.45) is 0.542. The number of hydrogen-bond donors (Lipinski definition) is 1. The second-order valence-electron chi connectivity index (χ2n) is 4.81. The first-order valence-electron chi connectivity index (χ1n) is 6.60. The molecule has 0 radical (unpaired) electrons. The van der Waals surface area contributed by atoms with Crippen LogP contribution in [0, 0.1) is 11.6 Å². The molecular formula is C14H17F2N3O2. The summed E-state index contributed by atoms with van der Waals surface area (Å²) in [6.45, 7) is 2.36. The fourth-order valence-electron chi connectivity index (χ4n) is 2.20. The van der Waals surface area contributed by atoms with E-state index in [2.05, 4.69) is 4.98 Å². The van der Waals surface area contributed by atoms with Crippen LogP contribution in [0.3, 0.4) is 0 Å². The molecule has 7 heteroatoms. The number of benzene rings is 1. The van der Waals surface area contributed by atoms with E-state index in [-0.39, 0.29) is 23.3 Å². The molecule has 1 atom stereocenters. The minimum atomic E-state index is -0.791. The second kappa shape index (κ2) is 6.28. The molecule has 0 saturated heterocycles. The zero-order chi connectivity index (χ0) is 15.6. The Balaban J connectivity index is 2.70. The van der Waals surface area contributed by atoms with Gasteiger partial charge in [0.15, 0.2) is 0 Å². The molecule has 0 fully saturated rings. The van der Waals surface area contributed by atoms with Crippen LogP contribution in [0.15, 0.2) is 16.9 Å². The largest absolute Gasteiger partial charge is 0.385 e. The van der Waals surface area contributed by atoms with Crippen LogP contribution in [0.1, 0.15) is 25.2 Å². The molecule has 114 valence electrons. The summed E-state index contributed by atoms with van der Waals surface area (Å²) in [7, 11) is 1.54. The van der Waals surface area contributed by atoms with Crippen LogP contribution in [0.5, 0.6) is 0 Å². The van der Waals surface area contributed by atoms with Crippen molar-refractivity contribution in [3.8, 4) is 0 Å². The standard InChI is InChI=1S/C14H17F2N3O2/c1-8(17)13-18-12-10(16)5-4-9(15)11(12)14(20)19(13)6-3-7-21-2/h4-5,8H,3,6-7,17H2,1-2H3/t8-/m0/s1. The number of hydrogen-bond acceptors (Lipinski definition) is 4. The Labute approximate surface area is 120 Å². The van der Waals surface area contributed by atoms with Crippen molar-refractivity contribution in [1.82, 2.24) is 9.55 Å². The fraction of sp³-hybridized carbons (Fsp3) is 0.429. The third-order valence-electron chi connectivity index (χ3n) is 3.18. The lowest BCUT2D eigenvalue weighted by Crippen LogP contribution is -2.30. The highest BCUT2D eigenvalue weighted by molar-refractivity contribution is 5.78. The lowest BCUT2D eigenvalue weighted by molar-refractivity contribution is 0.189. The van der Waals surface area contributed by atoms with Gasteiger partial charge in [0.2, 0.25) is 0 Å². The highest BCUT2D eigenvalue weighted by atomic mass is 19.1. The smallest absolute Gasteiger partial charge is 0.264 e. The molecule has 0 aliphatic rings. The molecule has 0 aliphatic heterocycles. The molecule has 2 rings (SSSR count). The fourth-order valence-corrected chi connectivity index (χ4v) is 2.20. The van der Waals surface area contributed by atoms with E-state index in [1.54, 1.807) is 14.0 Å². The van der Waals surface area contributed by atoms with Crippen LogP contribution in [-0.4, -0.2) is 23.3 Å². The summed E-state index contributed by atoms with van der Waals surface area (Å²) in [5.74, 6) is -1.30. The van der Waals surface area contributed by atoms with Crippen molar-refractivity contribution in [3.05, 3.63) is 39.9 Å². The van der Waals surface area contributed by atoms with Crippen molar-refractivity contribution in [2.24, 2.45) is 5.73 Å². The maximum absolute atomic E-state index is 13.9. The van der Waals surface area contributed by atoms with E-state index in [0.717, 1.165) is 12.1 Å².